The number of carbonyl (C=O) groups excluding carboxylic acids is 1. The lowest BCUT2D eigenvalue weighted by Gasteiger charge is -2.32. The molecule has 0 spiro atoms. The standard InChI is InChI=1S/C24H28N4O3S/c1-27-8-10-28(11-9-27)14-18-4-3-5-20(12-18)26-24(29)19-6-7-22(23(13-19)30-2)31-15-21-16-32-17-25-21/h3-7,12-13,16-17H,8-11,14-15H2,1-2H3,(H,26,29). The van der Waals surface area contributed by atoms with Crippen LogP contribution >= 0.6 is 11.3 Å². The molecule has 1 aliphatic heterocycles. The molecule has 2 heterocycles. The fraction of sp³-hybridized carbons (Fsp3) is 0.333. The summed E-state index contributed by atoms with van der Waals surface area (Å²) < 4.78 is 11.2. The smallest absolute Gasteiger partial charge is 0.255 e. The van der Waals surface area contributed by atoms with E-state index >= 15 is 0 Å². The Labute approximate surface area is 192 Å². The highest BCUT2D eigenvalue weighted by Gasteiger charge is 2.15. The Balaban J connectivity index is 1.38. The molecule has 0 unspecified atom stereocenters. The molecule has 168 valence electrons. The van der Waals surface area contributed by atoms with Crippen LogP contribution in [-0.2, 0) is 13.2 Å². The Morgan fingerprint density at radius 1 is 1.12 bits per heavy atom. The van der Waals surface area contributed by atoms with Crippen molar-refractivity contribution >= 4 is 22.9 Å². The summed E-state index contributed by atoms with van der Waals surface area (Å²) in [7, 11) is 3.72. The number of rotatable bonds is 8. The minimum absolute atomic E-state index is 0.189. The molecule has 32 heavy (non-hydrogen) atoms. The third-order valence-electron chi connectivity index (χ3n) is 5.47. The van der Waals surface area contributed by atoms with Crippen molar-refractivity contribution in [1.29, 1.82) is 0 Å². The van der Waals surface area contributed by atoms with Crippen LogP contribution in [0.5, 0.6) is 11.5 Å². The van der Waals surface area contributed by atoms with Crippen LogP contribution in [0.3, 0.4) is 0 Å². The molecule has 0 bridgehead atoms. The molecule has 3 aromatic rings. The van der Waals surface area contributed by atoms with Crippen LogP contribution in [0.25, 0.3) is 0 Å². The van der Waals surface area contributed by atoms with Gasteiger partial charge in [-0.15, -0.1) is 11.3 Å². The summed E-state index contributed by atoms with van der Waals surface area (Å²) in [5, 5.41) is 4.93. The Hall–Kier alpha value is -2.94. The van der Waals surface area contributed by atoms with Gasteiger partial charge >= 0.3 is 0 Å². The Bertz CT molecular complexity index is 1030. The van der Waals surface area contributed by atoms with E-state index in [1.54, 1.807) is 30.8 Å². The van der Waals surface area contributed by atoms with Crippen molar-refractivity contribution in [3.05, 3.63) is 70.2 Å². The summed E-state index contributed by atoms with van der Waals surface area (Å²) >= 11 is 1.52. The SMILES string of the molecule is COc1cc(C(=O)Nc2cccc(CN3CCN(C)CC3)c2)ccc1OCc1cscn1. The average molecular weight is 453 g/mol. The first-order chi connectivity index (χ1) is 15.6. The number of nitrogens with one attached hydrogen (secondary N) is 1. The van der Waals surface area contributed by atoms with Crippen LogP contribution in [0.1, 0.15) is 21.6 Å². The molecule has 0 aliphatic carbocycles. The van der Waals surface area contributed by atoms with Crippen molar-refractivity contribution in [3.8, 4) is 11.5 Å². The van der Waals surface area contributed by atoms with Crippen LogP contribution < -0.4 is 14.8 Å². The molecule has 1 saturated heterocycles. The van der Waals surface area contributed by atoms with E-state index in [-0.39, 0.29) is 5.91 Å². The van der Waals surface area contributed by atoms with Gasteiger partial charge in [-0.05, 0) is 42.9 Å². The number of anilines is 1. The largest absolute Gasteiger partial charge is 0.493 e. The second-order valence-electron chi connectivity index (χ2n) is 7.87. The maximum absolute atomic E-state index is 12.8. The van der Waals surface area contributed by atoms with Crippen molar-refractivity contribution < 1.29 is 14.3 Å². The topological polar surface area (TPSA) is 66.9 Å². The Morgan fingerprint density at radius 2 is 1.97 bits per heavy atom. The number of amides is 1. The molecule has 1 fully saturated rings. The van der Waals surface area contributed by atoms with E-state index in [1.165, 1.54) is 16.9 Å². The maximum Gasteiger partial charge on any atom is 0.255 e. The highest BCUT2D eigenvalue weighted by Crippen LogP contribution is 2.29. The molecule has 7 nitrogen and oxygen atoms in total. The predicted molar refractivity (Wildman–Crippen MR) is 127 cm³/mol. The Morgan fingerprint density at radius 3 is 2.72 bits per heavy atom. The van der Waals surface area contributed by atoms with Crippen LogP contribution in [0.4, 0.5) is 5.69 Å². The number of hydrogen-bond acceptors (Lipinski definition) is 7. The summed E-state index contributed by atoms with van der Waals surface area (Å²) in [6, 6.07) is 13.2. The first-order valence-corrected chi connectivity index (χ1v) is 11.5. The Kier molecular flexibility index (Phi) is 7.36. The van der Waals surface area contributed by atoms with Crippen molar-refractivity contribution in [2.45, 2.75) is 13.2 Å². The monoisotopic (exact) mass is 452 g/mol. The fourth-order valence-corrected chi connectivity index (χ4v) is 4.15. The number of hydrogen-bond donors (Lipinski definition) is 1. The molecular formula is C24H28N4O3S. The van der Waals surface area contributed by atoms with Gasteiger partial charge in [0.25, 0.3) is 5.91 Å². The highest BCUT2D eigenvalue weighted by molar-refractivity contribution is 7.07. The van der Waals surface area contributed by atoms with E-state index in [9.17, 15) is 4.79 Å². The third-order valence-corrected chi connectivity index (χ3v) is 6.11. The molecule has 1 amide bonds. The maximum atomic E-state index is 12.8. The molecule has 8 heteroatoms. The van der Waals surface area contributed by atoms with Crippen molar-refractivity contribution in [2.24, 2.45) is 0 Å². The normalized spacial score (nSPS) is 14.8. The van der Waals surface area contributed by atoms with Gasteiger partial charge < -0.3 is 19.7 Å². The predicted octanol–water partition coefficient (Wildman–Crippen LogP) is 3.73. The summed E-state index contributed by atoms with van der Waals surface area (Å²) in [6.45, 7) is 5.53. The van der Waals surface area contributed by atoms with Crippen LogP contribution in [0.15, 0.2) is 53.4 Å². The number of nitrogens with zero attached hydrogens (tertiary/aromatic N) is 3. The second-order valence-corrected chi connectivity index (χ2v) is 8.59. The summed E-state index contributed by atoms with van der Waals surface area (Å²) in [5.74, 6) is 0.897. The molecule has 4 rings (SSSR count). The van der Waals surface area contributed by atoms with Gasteiger partial charge in [-0.3, -0.25) is 9.69 Å². The molecule has 1 aromatic heterocycles. The summed E-state index contributed by atoms with van der Waals surface area (Å²) in [6.07, 6.45) is 0. The van der Waals surface area contributed by atoms with E-state index in [1.807, 2.05) is 23.6 Å². The lowest BCUT2D eigenvalue weighted by Crippen LogP contribution is -2.43. The molecule has 1 aliphatic rings. The number of likely N-dealkylation sites (N-methyl/N-ethyl adjacent to an activating group) is 1. The number of thiazole rings is 1. The first kappa shape index (κ1) is 22.3. The minimum Gasteiger partial charge on any atom is -0.493 e. The van der Waals surface area contributed by atoms with E-state index in [0.29, 0.717) is 23.7 Å². The lowest BCUT2D eigenvalue weighted by atomic mass is 10.1. The molecule has 1 N–H and O–H groups in total. The molecule has 0 saturated carbocycles. The number of ether oxygens (including phenoxy) is 2. The van der Waals surface area contributed by atoms with Crippen LogP contribution in [-0.4, -0.2) is 61.0 Å². The van der Waals surface area contributed by atoms with Gasteiger partial charge in [-0.2, -0.15) is 0 Å². The highest BCUT2D eigenvalue weighted by atomic mass is 32.1. The molecule has 0 atom stereocenters. The van der Waals surface area contributed by atoms with E-state index in [4.69, 9.17) is 9.47 Å². The van der Waals surface area contributed by atoms with Crippen molar-refractivity contribution in [2.75, 3.05) is 45.7 Å². The molecule has 2 aromatic carbocycles. The van der Waals surface area contributed by atoms with E-state index in [0.717, 1.165) is 44.1 Å². The van der Waals surface area contributed by atoms with Crippen molar-refractivity contribution in [1.82, 2.24) is 14.8 Å². The fourth-order valence-electron chi connectivity index (χ4n) is 3.60. The zero-order chi connectivity index (χ0) is 22.3. The summed E-state index contributed by atoms with van der Waals surface area (Å²) in [5.41, 5.74) is 5.10. The second kappa shape index (κ2) is 10.6. The number of methoxy groups -OCH3 is 1. The third kappa shape index (κ3) is 5.85. The number of carbonyl (C=O) groups is 1. The number of aromatic nitrogens is 1. The van der Waals surface area contributed by atoms with Gasteiger partial charge in [0.05, 0.1) is 18.3 Å². The van der Waals surface area contributed by atoms with E-state index in [2.05, 4.69) is 33.2 Å². The zero-order valence-corrected chi connectivity index (χ0v) is 19.2. The lowest BCUT2D eigenvalue weighted by molar-refractivity contribution is 0.102. The zero-order valence-electron chi connectivity index (χ0n) is 18.4. The first-order valence-electron chi connectivity index (χ1n) is 10.6. The van der Waals surface area contributed by atoms with Crippen LogP contribution in [0, 0.1) is 0 Å². The molecular weight excluding hydrogens is 424 g/mol. The van der Waals surface area contributed by atoms with Crippen molar-refractivity contribution in [3.63, 3.8) is 0 Å². The van der Waals surface area contributed by atoms with Crippen LogP contribution in [0.2, 0.25) is 0 Å². The molecule has 0 radical (unpaired) electrons. The van der Waals surface area contributed by atoms with Gasteiger partial charge in [0.1, 0.15) is 6.61 Å². The number of benzene rings is 2. The van der Waals surface area contributed by atoms with Gasteiger partial charge in [0.15, 0.2) is 11.5 Å². The van der Waals surface area contributed by atoms with Gasteiger partial charge in [-0.25, -0.2) is 4.98 Å². The van der Waals surface area contributed by atoms with Gasteiger partial charge in [0.2, 0.25) is 0 Å². The van der Waals surface area contributed by atoms with E-state index < -0.39 is 0 Å². The minimum atomic E-state index is -0.189. The summed E-state index contributed by atoms with van der Waals surface area (Å²) in [4.78, 5) is 21.8. The number of piperazine rings is 1. The average Bonchev–Trinajstić information content (AvgIpc) is 3.33. The van der Waals surface area contributed by atoms with Gasteiger partial charge in [-0.1, -0.05) is 12.1 Å². The quantitative estimate of drug-likeness (QED) is 0.562. The van der Waals surface area contributed by atoms with Gasteiger partial charge in [0, 0.05) is 49.4 Å².